The maximum absolute atomic E-state index is 10.8. The van der Waals surface area contributed by atoms with Crippen LogP contribution in [-0.4, -0.2) is 16.1 Å². The van der Waals surface area contributed by atoms with E-state index in [0.29, 0.717) is 11.8 Å². The van der Waals surface area contributed by atoms with Gasteiger partial charge in [0, 0.05) is 12.8 Å². The lowest BCUT2D eigenvalue weighted by atomic mass is 9.89. The minimum atomic E-state index is -0.186. The number of hydrogen-bond donors (Lipinski definition) is 1. The Labute approximate surface area is 88.3 Å². The van der Waals surface area contributed by atoms with Crippen molar-refractivity contribution in [2.45, 2.75) is 44.9 Å². The molecule has 1 amide bonds. The third-order valence-corrected chi connectivity index (χ3v) is 2.68. The van der Waals surface area contributed by atoms with Crippen molar-refractivity contribution in [1.82, 2.24) is 10.2 Å². The predicted molar refractivity (Wildman–Crippen MR) is 54.4 cm³/mol. The Morgan fingerprint density at radius 2 is 2.07 bits per heavy atom. The largest absolute Gasteiger partial charge is 0.408 e. The molecule has 1 saturated carbocycles. The fourth-order valence-electron chi connectivity index (χ4n) is 1.95. The third kappa shape index (κ3) is 2.55. The minimum absolute atomic E-state index is 0.186. The molecular formula is C10H15N3O2. The van der Waals surface area contributed by atoms with Crippen LogP contribution < -0.4 is 5.32 Å². The summed E-state index contributed by atoms with van der Waals surface area (Å²) in [5.74, 6) is 0.862. The molecule has 15 heavy (non-hydrogen) atoms. The van der Waals surface area contributed by atoms with E-state index in [1.54, 1.807) is 0 Å². The lowest BCUT2D eigenvalue weighted by Gasteiger charge is -2.17. The molecule has 0 unspecified atom stereocenters. The molecule has 1 fully saturated rings. The zero-order valence-electron chi connectivity index (χ0n) is 8.82. The minimum Gasteiger partial charge on any atom is -0.408 e. The van der Waals surface area contributed by atoms with Crippen LogP contribution in [0, 0.1) is 0 Å². The lowest BCUT2D eigenvalue weighted by Crippen LogP contribution is -2.06. The van der Waals surface area contributed by atoms with Gasteiger partial charge in [0.25, 0.3) is 0 Å². The Balaban J connectivity index is 2.02. The Hall–Kier alpha value is -1.39. The van der Waals surface area contributed by atoms with Gasteiger partial charge in [-0.15, -0.1) is 5.10 Å². The smallest absolute Gasteiger partial charge is 0.322 e. The van der Waals surface area contributed by atoms with Crippen LogP contribution in [0.5, 0.6) is 0 Å². The van der Waals surface area contributed by atoms with Crippen molar-refractivity contribution in [3.63, 3.8) is 0 Å². The number of rotatable bonds is 2. The Morgan fingerprint density at radius 1 is 1.33 bits per heavy atom. The van der Waals surface area contributed by atoms with Crippen LogP contribution in [-0.2, 0) is 4.79 Å². The highest BCUT2D eigenvalue weighted by molar-refractivity contribution is 5.86. The average molecular weight is 209 g/mol. The highest BCUT2D eigenvalue weighted by Gasteiger charge is 2.21. The van der Waals surface area contributed by atoms with E-state index in [-0.39, 0.29) is 11.9 Å². The number of nitrogens with zero attached hydrogens (tertiary/aromatic N) is 2. The molecule has 1 aliphatic carbocycles. The number of nitrogens with one attached hydrogen (secondary N) is 1. The molecule has 0 saturated heterocycles. The number of hydrogen-bond acceptors (Lipinski definition) is 4. The summed E-state index contributed by atoms with van der Waals surface area (Å²) < 4.78 is 5.38. The molecule has 0 spiro atoms. The average Bonchev–Trinajstić information content (AvgIpc) is 2.67. The van der Waals surface area contributed by atoms with E-state index in [1.807, 2.05) is 0 Å². The highest BCUT2D eigenvalue weighted by Crippen LogP contribution is 2.32. The third-order valence-electron chi connectivity index (χ3n) is 2.68. The summed E-state index contributed by atoms with van der Waals surface area (Å²) in [4.78, 5) is 10.8. The number of amides is 1. The maximum atomic E-state index is 10.8. The number of anilines is 1. The molecule has 1 N–H and O–H groups in total. The Kier molecular flexibility index (Phi) is 2.99. The summed E-state index contributed by atoms with van der Waals surface area (Å²) in [7, 11) is 0. The summed E-state index contributed by atoms with van der Waals surface area (Å²) >= 11 is 0. The van der Waals surface area contributed by atoms with Gasteiger partial charge < -0.3 is 4.42 Å². The van der Waals surface area contributed by atoms with Crippen molar-refractivity contribution in [3.05, 3.63) is 5.89 Å². The van der Waals surface area contributed by atoms with Crippen molar-refractivity contribution in [2.75, 3.05) is 5.32 Å². The molecule has 1 aliphatic rings. The summed E-state index contributed by atoms with van der Waals surface area (Å²) in [6.07, 6.45) is 5.97. The topological polar surface area (TPSA) is 68.0 Å². The first-order chi connectivity index (χ1) is 7.25. The van der Waals surface area contributed by atoms with E-state index in [1.165, 1.54) is 26.2 Å². The first-order valence-corrected chi connectivity index (χ1v) is 5.36. The fraction of sp³-hybridized carbons (Fsp3) is 0.700. The second-order valence-electron chi connectivity index (χ2n) is 3.96. The van der Waals surface area contributed by atoms with Crippen LogP contribution in [0.1, 0.15) is 50.8 Å². The van der Waals surface area contributed by atoms with E-state index < -0.39 is 0 Å². The molecule has 1 aromatic rings. The predicted octanol–water partition coefficient (Wildman–Crippen LogP) is 2.08. The summed E-state index contributed by atoms with van der Waals surface area (Å²) in [5, 5.41) is 10.2. The normalized spacial score (nSPS) is 17.7. The zero-order valence-corrected chi connectivity index (χ0v) is 8.82. The van der Waals surface area contributed by atoms with Gasteiger partial charge in [0.15, 0.2) is 0 Å². The maximum Gasteiger partial charge on any atom is 0.322 e. The first kappa shape index (κ1) is 10.1. The number of aromatic nitrogens is 2. The molecule has 0 bridgehead atoms. The van der Waals surface area contributed by atoms with Crippen molar-refractivity contribution >= 4 is 11.9 Å². The van der Waals surface area contributed by atoms with Crippen molar-refractivity contribution in [2.24, 2.45) is 0 Å². The van der Waals surface area contributed by atoms with Gasteiger partial charge in [0.05, 0.1) is 0 Å². The zero-order chi connectivity index (χ0) is 10.7. The van der Waals surface area contributed by atoms with E-state index in [4.69, 9.17) is 4.42 Å². The highest BCUT2D eigenvalue weighted by atomic mass is 16.4. The number of carbonyl (C=O) groups excluding carboxylic acids is 1. The molecule has 1 heterocycles. The Bertz CT molecular complexity index is 342. The molecule has 0 atom stereocenters. The quantitative estimate of drug-likeness (QED) is 0.809. The van der Waals surface area contributed by atoms with Gasteiger partial charge in [0.1, 0.15) is 0 Å². The summed E-state index contributed by atoms with van der Waals surface area (Å²) in [5.41, 5.74) is 0. The Morgan fingerprint density at radius 3 is 2.73 bits per heavy atom. The van der Waals surface area contributed by atoms with Gasteiger partial charge in [-0.05, 0) is 12.8 Å². The second-order valence-corrected chi connectivity index (χ2v) is 3.96. The van der Waals surface area contributed by atoms with Crippen LogP contribution >= 0.6 is 0 Å². The van der Waals surface area contributed by atoms with Crippen molar-refractivity contribution in [1.29, 1.82) is 0 Å². The summed E-state index contributed by atoms with van der Waals surface area (Å²) in [6, 6.07) is 0.211. The van der Waals surface area contributed by atoms with E-state index in [0.717, 1.165) is 12.8 Å². The molecule has 0 aliphatic heterocycles. The van der Waals surface area contributed by atoms with Gasteiger partial charge in [-0.1, -0.05) is 24.4 Å². The second kappa shape index (κ2) is 4.42. The lowest BCUT2D eigenvalue weighted by molar-refractivity contribution is -0.114. The van der Waals surface area contributed by atoms with Gasteiger partial charge in [0.2, 0.25) is 11.8 Å². The standard InChI is InChI=1S/C10H15N3O2/c1-7(14)11-10-13-12-9(15-10)8-5-3-2-4-6-8/h8H,2-6H2,1H3,(H,11,13,14). The molecular weight excluding hydrogens is 194 g/mol. The van der Waals surface area contributed by atoms with E-state index in [2.05, 4.69) is 15.5 Å². The molecule has 0 radical (unpaired) electrons. The van der Waals surface area contributed by atoms with Crippen LogP contribution in [0.4, 0.5) is 6.01 Å². The van der Waals surface area contributed by atoms with Gasteiger partial charge in [-0.2, -0.15) is 0 Å². The molecule has 82 valence electrons. The molecule has 0 aromatic carbocycles. The molecule has 2 rings (SSSR count). The van der Waals surface area contributed by atoms with E-state index >= 15 is 0 Å². The molecule has 5 nitrogen and oxygen atoms in total. The first-order valence-electron chi connectivity index (χ1n) is 5.36. The van der Waals surface area contributed by atoms with E-state index in [9.17, 15) is 4.79 Å². The van der Waals surface area contributed by atoms with Crippen LogP contribution in [0.15, 0.2) is 4.42 Å². The fourth-order valence-corrected chi connectivity index (χ4v) is 1.95. The van der Waals surface area contributed by atoms with Crippen LogP contribution in [0.25, 0.3) is 0 Å². The SMILES string of the molecule is CC(=O)Nc1nnc(C2CCCCC2)o1. The molecule has 1 aromatic heterocycles. The van der Waals surface area contributed by atoms with Crippen LogP contribution in [0.2, 0.25) is 0 Å². The van der Waals surface area contributed by atoms with Crippen molar-refractivity contribution < 1.29 is 9.21 Å². The van der Waals surface area contributed by atoms with Crippen molar-refractivity contribution in [3.8, 4) is 0 Å². The number of carbonyl (C=O) groups is 1. The summed E-state index contributed by atoms with van der Waals surface area (Å²) in [6.45, 7) is 1.42. The van der Waals surface area contributed by atoms with Gasteiger partial charge in [-0.25, -0.2) is 0 Å². The monoisotopic (exact) mass is 209 g/mol. The molecule has 5 heteroatoms. The van der Waals surface area contributed by atoms with Crippen LogP contribution in [0.3, 0.4) is 0 Å². The van der Waals surface area contributed by atoms with Gasteiger partial charge >= 0.3 is 6.01 Å². The van der Waals surface area contributed by atoms with Gasteiger partial charge in [-0.3, -0.25) is 10.1 Å².